The van der Waals surface area contributed by atoms with Crippen LogP contribution >= 0.6 is 0 Å². The van der Waals surface area contributed by atoms with Gasteiger partial charge in [0.05, 0.1) is 33.0 Å². The highest BCUT2D eigenvalue weighted by Gasteiger charge is 2.12. The summed E-state index contributed by atoms with van der Waals surface area (Å²) in [4.78, 5) is 11.9. The number of benzene rings is 2. The third-order valence-corrected chi connectivity index (χ3v) is 3.61. The minimum absolute atomic E-state index is 0.0299. The first-order valence-electron chi connectivity index (χ1n) is 7.75. The van der Waals surface area contributed by atoms with Gasteiger partial charge < -0.3 is 18.9 Å². The number of nitriles is 1. The minimum atomic E-state index is -0.522. The molecule has 0 aliphatic rings. The molecule has 6 nitrogen and oxygen atoms in total. The van der Waals surface area contributed by atoms with Gasteiger partial charge in [0, 0.05) is 11.6 Å². The molecule has 0 bridgehead atoms. The summed E-state index contributed by atoms with van der Waals surface area (Å²) < 4.78 is 21.0. The number of rotatable bonds is 7. The Kier molecular flexibility index (Phi) is 6.63. The van der Waals surface area contributed by atoms with Crippen molar-refractivity contribution in [3.63, 3.8) is 0 Å². The number of carbonyl (C=O) groups excluding carboxylic acids is 1. The van der Waals surface area contributed by atoms with Gasteiger partial charge in [0.15, 0.2) is 11.5 Å². The molecule has 2 rings (SSSR count). The first-order chi connectivity index (χ1) is 12.6. The average Bonchev–Trinajstić information content (AvgIpc) is 2.69. The van der Waals surface area contributed by atoms with E-state index in [9.17, 15) is 4.79 Å². The largest absolute Gasteiger partial charge is 0.493 e. The Balaban J connectivity index is 2.09. The molecule has 0 amide bonds. The van der Waals surface area contributed by atoms with Crippen molar-refractivity contribution < 1.29 is 23.7 Å². The lowest BCUT2D eigenvalue weighted by molar-refractivity contribution is -0.138. The summed E-state index contributed by atoms with van der Waals surface area (Å²) in [5, 5.41) is 9.04. The Morgan fingerprint density at radius 1 is 1.08 bits per heavy atom. The molecule has 0 saturated heterocycles. The molecule has 0 aromatic heterocycles. The van der Waals surface area contributed by atoms with Crippen LogP contribution in [-0.2, 0) is 16.1 Å². The van der Waals surface area contributed by atoms with Crippen molar-refractivity contribution in [2.45, 2.75) is 6.61 Å². The molecule has 0 spiro atoms. The van der Waals surface area contributed by atoms with E-state index in [2.05, 4.69) is 6.07 Å². The predicted octanol–water partition coefficient (Wildman–Crippen LogP) is 3.34. The van der Waals surface area contributed by atoms with Crippen molar-refractivity contribution >= 4 is 12.0 Å². The molecule has 0 radical (unpaired) electrons. The van der Waals surface area contributed by atoms with Gasteiger partial charge in [-0.1, -0.05) is 18.2 Å². The van der Waals surface area contributed by atoms with Crippen LogP contribution in [0.15, 0.2) is 42.5 Å². The number of esters is 1. The van der Waals surface area contributed by atoms with Crippen LogP contribution in [0.3, 0.4) is 0 Å². The lowest BCUT2D eigenvalue weighted by Crippen LogP contribution is -2.02. The van der Waals surface area contributed by atoms with Crippen molar-refractivity contribution in [2.75, 3.05) is 21.3 Å². The maximum Gasteiger partial charge on any atom is 0.331 e. The summed E-state index contributed by atoms with van der Waals surface area (Å²) in [6.07, 6.45) is 2.89. The molecule has 26 heavy (non-hydrogen) atoms. The Morgan fingerprint density at radius 3 is 2.31 bits per heavy atom. The number of hydrogen-bond donors (Lipinski definition) is 0. The van der Waals surface area contributed by atoms with Gasteiger partial charge in [0.25, 0.3) is 0 Å². The number of methoxy groups -OCH3 is 3. The smallest absolute Gasteiger partial charge is 0.331 e. The second kappa shape index (κ2) is 9.14. The van der Waals surface area contributed by atoms with Crippen LogP contribution in [0.2, 0.25) is 0 Å². The maximum atomic E-state index is 11.9. The highest BCUT2D eigenvalue weighted by molar-refractivity contribution is 5.87. The summed E-state index contributed by atoms with van der Waals surface area (Å²) in [6.45, 7) is 0.0299. The average molecular weight is 353 g/mol. The van der Waals surface area contributed by atoms with E-state index in [1.54, 1.807) is 42.5 Å². The monoisotopic (exact) mass is 353 g/mol. The lowest BCUT2D eigenvalue weighted by atomic mass is 10.1. The predicted molar refractivity (Wildman–Crippen MR) is 96.1 cm³/mol. The molecule has 0 aliphatic heterocycles. The number of hydrogen-bond acceptors (Lipinski definition) is 6. The molecule has 2 aromatic carbocycles. The first kappa shape index (κ1) is 18.9. The first-order valence-corrected chi connectivity index (χ1v) is 7.75. The van der Waals surface area contributed by atoms with Gasteiger partial charge in [-0.2, -0.15) is 5.26 Å². The van der Waals surface area contributed by atoms with Crippen LogP contribution < -0.4 is 14.2 Å². The van der Waals surface area contributed by atoms with Gasteiger partial charge in [-0.25, -0.2) is 4.79 Å². The molecule has 0 unspecified atom stereocenters. The molecule has 0 heterocycles. The van der Waals surface area contributed by atoms with Gasteiger partial charge >= 0.3 is 5.97 Å². The van der Waals surface area contributed by atoms with Crippen molar-refractivity contribution in [1.29, 1.82) is 5.26 Å². The Labute approximate surface area is 152 Å². The second-order valence-corrected chi connectivity index (χ2v) is 5.17. The van der Waals surface area contributed by atoms with E-state index < -0.39 is 5.97 Å². The van der Waals surface area contributed by atoms with Crippen LogP contribution in [0.1, 0.15) is 16.7 Å². The Hall–Kier alpha value is -3.46. The van der Waals surface area contributed by atoms with E-state index in [0.29, 0.717) is 33.9 Å². The molecule has 6 heteroatoms. The van der Waals surface area contributed by atoms with Gasteiger partial charge in [-0.05, 0) is 29.8 Å². The summed E-state index contributed by atoms with van der Waals surface area (Å²) >= 11 is 0. The lowest BCUT2D eigenvalue weighted by Gasteiger charge is -2.12. The van der Waals surface area contributed by atoms with Gasteiger partial charge in [0.2, 0.25) is 5.75 Å². The van der Waals surface area contributed by atoms with Crippen LogP contribution in [0.5, 0.6) is 17.2 Å². The van der Waals surface area contributed by atoms with Crippen molar-refractivity contribution in [2.24, 2.45) is 0 Å². The van der Waals surface area contributed by atoms with E-state index in [0.717, 1.165) is 0 Å². The highest BCUT2D eigenvalue weighted by Crippen LogP contribution is 2.38. The second-order valence-electron chi connectivity index (χ2n) is 5.17. The highest BCUT2D eigenvalue weighted by atomic mass is 16.5. The zero-order chi connectivity index (χ0) is 18.9. The van der Waals surface area contributed by atoms with Crippen LogP contribution in [0, 0.1) is 11.3 Å². The summed E-state index contributed by atoms with van der Waals surface area (Å²) in [5.74, 6) is 0.931. The third-order valence-electron chi connectivity index (χ3n) is 3.61. The standard InChI is InChI=1S/C20H19NO5/c1-23-17-10-14(11-18(24-2)20(17)25-3)8-9-19(22)26-13-16-7-5-4-6-15(16)12-21/h4-11H,13H2,1-3H3/b9-8+. The summed E-state index contributed by atoms with van der Waals surface area (Å²) in [6, 6.07) is 12.5. The van der Waals surface area contributed by atoms with Gasteiger partial charge in [-0.3, -0.25) is 0 Å². The molecule has 134 valence electrons. The molecule has 0 aliphatic carbocycles. The zero-order valence-corrected chi connectivity index (χ0v) is 14.8. The molecular formula is C20H19NO5. The SMILES string of the molecule is COc1cc(/C=C/C(=O)OCc2ccccc2C#N)cc(OC)c1OC. The number of carbonyl (C=O) groups is 1. The van der Waals surface area contributed by atoms with E-state index in [-0.39, 0.29) is 6.61 Å². The van der Waals surface area contributed by atoms with Crippen molar-refractivity contribution in [3.8, 4) is 23.3 Å². The minimum Gasteiger partial charge on any atom is -0.493 e. The molecular weight excluding hydrogens is 334 g/mol. The van der Waals surface area contributed by atoms with Crippen LogP contribution in [-0.4, -0.2) is 27.3 Å². The van der Waals surface area contributed by atoms with E-state index in [1.807, 2.05) is 0 Å². The molecule has 0 atom stereocenters. The fourth-order valence-electron chi connectivity index (χ4n) is 2.31. The van der Waals surface area contributed by atoms with Crippen LogP contribution in [0.25, 0.3) is 6.08 Å². The summed E-state index contributed by atoms with van der Waals surface area (Å²) in [5.41, 5.74) is 1.83. The Bertz CT molecular complexity index is 827. The van der Waals surface area contributed by atoms with Crippen molar-refractivity contribution in [1.82, 2.24) is 0 Å². The van der Waals surface area contributed by atoms with Gasteiger partial charge in [0.1, 0.15) is 6.61 Å². The third kappa shape index (κ3) is 4.54. The Morgan fingerprint density at radius 2 is 1.73 bits per heavy atom. The van der Waals surface area contributed by atoms with Crippen molar-refractivity contribution in [3.05, 3.63) is 59.2 Å². The molecule has 0 N–H and O–H groups in total. The molecule has 2 aromatic rings. The number of nitrogens with zero attached hydrogens (tertiary/aromatic N) is 1. The van der Waals surface area contributed by atoms with E-state index in [4.69, 9.17) is 24.2 Å². The number of ether oxygens (including phenoxy) is 4. The summed E-state index contributed by atoms with van der Waals surface area (Å²) in [7, 11) is 4.56. The normalized spacial score (nSPS) is 10.2. The fourth-order valence-corrected chi connectivity index (χ4v) is 2.31. The van der Waals surface area contributed by atoms with Crippen LogP contribution in [0.4, 0.5) is 0 Å². The van der Waals surface area contributed by atoms with E-state index in [1.165, 1.54) is 27.4 Å². The zero-order valence-electron chi connectivity index (χ0n) is 14.8. The van der Waals surface area contributed by atoms with Gasteiger partial charge in [-0.15, -0.1) is 0 Å². The molecule has 0 saturated carbocycles. The quantitative estimate of drug-likeness (QED) is 0.561. The fraction of sp³-hybridized carbons (Fsp3) is 0.200. The van der Waals surface area contributed by atoms with E-state index >= 15 is 0 Å². The molecule has 0 fully saturated rings. The topological polar surface area (TPSA) is 77.8 Å². The maximum absolute atomic E-state index is 11.9.